The summed E-state index contributed by atoms with van der Waals surface area (Å²) in [4.78, 5) is 0. The Bertz CT molecular complexity index is 333. The largest absolute Gasteiger partial charge is 0.377 e. The molecule has 1 aromatic carbocycles. The molecule has 3 N–H and O–H groups in total. The molecule has 17 heavy (non-hydrogen) atoms. The minimum Gasteiger partial charge on any atom is -0.377 e. The summed E-state index contributed by atoms with van der Waals surface area (Å²) in [5.41, 5.74) is 6.94. The van der Waals surface area contributed by atoms with E-state index in [1.807, 2.05) is 24.3 Å². The van der Waals surface area contributed by atoms with Gasteiger partial charge in [-0.25, -0.2) is 0 Å². The first-order valence-electron chi connectivity index (χ1n) is 6.40. The monoisotopic (exact) mass is 254 g/mol. The fourth-order valence-electron chi connectivity index (χ4n) is 2.31. The fourth-order valence-corrected chi connectivity index (χ4v) is 2.49. The van der Waals surface area contributed by atoms with Crippen molar-refractivity contribution in [2.45, 2.75) is 45.1 Å². The summed E-state index contributed by atoms with van der Waals surface area (Å²) < 4.78 is 0. The third-order valence-corrected chi connectivity index (χ3v) is 3.45. The van der Waals surface area contributed by atoms with E-state index in [1.165, 1.54) is 0 Å². The Labute approximate surface area is 110 Å². The topological polar surface area (TPSA) is 38.0 Å². The molecule has 2 nitrogen and oxygen atoms in total. The number of benzene rings is 1. The van der Waals surface area contributed by atoms with Gasteiger partial charge in [-0.3, -0.25) is 0 Å². The molecule has 0 bridgehead atoms. The minimum atomic E-state index is -0.0194. The van der Waals surface area contributed by atoms with Crippen molar-refractivity contribution >= 4 is 17.3 Å². The molecule has 0 amide bonds. The molecule has 0 saturated carbocycles. The summed E-state index contributed by atoms with van der Waals surface area (Å²) >= 11 is 6.18. The van der Waals surface area contributed by atoms with E-state index in [-0.39, 0.29) is 5.54 Å². The third-order valence-electron chi connectivity index (χ3n) is 3.12. The molecule has 1 aromatic rings. The highest BCUT2D eigenvalue weighted by Gasteiger charge is 2.26. The predicted molar refractivity (Wildman–Crippen MR) is 76.7 cm³/mol. The molecule has 1 rings (SSSR count). The van der Waals surface area contributed by atoms with Gasteiger partial charge in [0.15, 0.2) is 0 Å². The number of nitrogens with one attached hydrogen (secondary N) is 1. The highest BCUT2D eigenvalue weighted by atomic mass is 35.5. The average Bonchev–Trinajstić information content (AvgIpc) is 2.33. The SMILES string of the molecule is CCCC(CN)(CCC)Nc1ccccc1Cl. The molecule has 0 aromatic heterocycles. The van der Waals surface area contributed by atoms with Gasteiger partial charge in [-0.1, -0.05) is 50.4 Å². The van der Waals surface area contributed by atoms with Gasteiger partial charge in [0.2, 0.25) is 0 Å². The predicted octanol–water partition coefficient (Wildman–Crippen LogP) is 4.05. The number of halogens is 1. The van der Waals surface area contributed by atoms with Crippen LogP contribution in [0.15, 0.2) is 24.3 Å². The summed E-state index contributed by atoms with van der Waals surface area (Å²) in [6.45, 7) is 5.02. The van der Waals surface area contributed by atoms with E-state index in [9.17, 15) is 0 Å². The lowest BCUT2D eigenvalue weighted by Gasteiger charge is -2.35. The van der Waals surface area contributed by atoms with E-state index in [1.54, 1.807) is 0 Å². The molecule has 96 valence electrons. The van der Waals surface area contributed by atoms with Crippen LogP contribution in [0.4, 0.5) is 5.69 Å². The Morgan fingerprint density at radius 1 is 1.18 bits per heavy atom. The molecular weight excluding hydrogens is 232 g/mol. The smallest absolute Gasteiger partial charge is 0.0637 e. The summed E-state index contributed by atoms with van der Waals surface area (Å²) in [7, 11) is 0. The van der Waals surface area contributed by atoms with Gasteiger partial charge in [0, 0.05) is 12.1 Å². The Kier molecular flexibility index (Phi) is 5.79. The summed E-state index contributed by atoms with van der Waals surface area (Å²) in [6, 6.07) is 7.85. The molecule has 0 aliphatic rings. The van der Waals surface area contributed by atoms with Crippen molar-refractivity contribution in [3.8, 4) is 0 Å². The van der Waals surface area contributed by atoms with Crippen LogP contribution in [0.1, 0.15) is 39.5 Å². The molecule has 0 atom stereocenters. The molecule has 0 radical (unpaired) electrons. The van der Waals surface area contributed by atoms with Gasteiger partial charge in [-0.15, -0.1) is 0 Å². The van der Waals surface area contributed by atoms with E-state index >= 15 is 0 Å². The Morgan fingerprint density at radius 2 is 1.76 bits per heavy atom. The van der Waals surface area contributed by atoms with Gasteiger partial charge in [0.25, 0.3) is 0 Å². The maximum Gasteiger partial charge on any atom is 0.0637 e. The van der Waals surface area contributed by atoms with Gasteiger partial charge in [-0.2, -0.15) is 0 Å². The number of hydrogen-bond acceptors (Lipinski definition) is 2. The van der Waals surface area contributed by atoms with Crippen LogP contribution in [-0.4, -0.2) is 12.1 Å². The normalized spacial score (nSPS) is 11.5. The van der Waals surface area contributed by atoms with Crippen LogP contribution in [0.25, 0.3) is 0 Å². The quantitative estimate of drug-likeness (QED) is 0.770. The highest BCUT2D eigenvalue weighted by Crippen LogP contribution is 2.28. The van der Waals surface area contributed by atoms with Crippen molar-refractivity contribution in [3.63, 3.8) is 0 Å². The van der Waals surface area contributed by atoms with Crippen molar-refractivity contribution in [2.75, 3.05) is 11.9 Å². The number of anilines is 1. The average molecular weight is 255 g/mol. The van der Waals surface area contributed by atoms with Crippen LogP contribution in [0.5, 0.6) is 0 Å². The summed E-state index contributed by atoms with van der Waals surface area (Å²) in [5, 5.41) is 4.32. The molecule has 0 aliphatic heterocycles. The lowest BCUT2D eigenvalue weighted by atomic mass is 9.88. The highest BCUT2D eigenvalue weighted by molar-refractivity contribution is 6.33. The van der Waals surface area contributed by atoms with Crippen LogP contribution in [0.2, 0.25) is 5.02 Å². The van der Waals surface area contributed by atoms with Crippen molar-refractivity contribution in [1.82, 2.24) is 0 Å². The first-order chi connectivity index (χ1) is 8.17. The molecule has 0 saturated heterocycles. The number of para-hydroxylation sites is 1. The maximum atomic E-state index is 6.18. The van der Waals surface area contributed by atoms with Crippen LogP contribution in [0.3, 0.4) is 0 Å². The van der Waals surface area contributed by atoms with E-state index in [0.29, 0.717) is 6.54 Å². The molecule has 0 spiro atoms. The molecule has 0 aliphatic carbocycles. The zero-order valence-corrected chi connectivity index (χ0v) is 11.6. The van der Waals surface area contributed by atoms with Gasteiger partial charge in [0.05, 0.1) is 10.7 Å². The zero-order chi connectivity index (χ0) is 12.7. The number of rotatable bonds is 7. The molecule has 0 unspecified atom stereocenters. The second-order valence-electron chi connectivity index (χ2n) is 4.59. The van der Waals surface area contributed by atoms with E-state index in [2.05, 4.69) is 19.2 Å². The Hall–Kier alpha value is -0.730. The standard InChI is InChI=1S/C14H23ClN2/c1-3-9-14(11-16,10-4-2)17-13-8-6-5-7-12(13)15/h5-8,17H,3-4,9-11,16H2,1-2H3. The van der Waals surface area contributed by atoms with Crippen molar-refractivity contribution in [3.05, 3.63) is 29.3 Å². The van der Waals surface area contributed by atoms with Crippen molar-refractivity contribution in [1.29, 1.82) is 0 Å². The van der Waals surface area contributed by atoms with Crippen LogP contribution in [0, 0.1) is 0 Å². The molecular formula is C14H23ClN2. The lowest BCUT2D eigenvalue weighted by molar-refractivity contribution is 0.401. The second-order valence-corrected chi connectivity index (χ2v) is 5.00. The molecule has 0 fully saturated rings. The summed E-state index contributed by atoms with van der Waals surface area (Å²) in [5.74, 6) is 0. The van der Waals surface area contributed by atoms with Gasteiger partial charge < -0.3 is 11.1 Å². The van der Waals surface area contributed by atoms with Crippen molar-refractivity contribution < 1.29 is 0 Å². The van der Waals surface area contributed by atoms with Gasteiger partial charge in [0.1, 0.15) is 0 Å². The Morgan fingerprint density at radius 3 is 2.24 bits per heavy atom. The Balaban J connectivity index is 2.88. The van der Waals surface area contributed by atoms with Crippen LogP contribution >= 0.6 is 11.6 Å². The third kappa shape index (κ3) is 3.90. The van der Waals surface area contributed by atoms with Gasteiger partial charge in [-0.05, 0) is 25.0 Å². The van der Waals surface area contributed by atoms with Crippen LogP contribution in [-0.2, 0) is 0 Å². The van der Waals surface area contributed by atoms with Crippen LogP contribution < -0.4 is 11.1 Å². The number of hydrogen-bond donors (Lipinski definition) is 2. The lowest BCUT2D eigenvalue weighted by Crippen LogP contribution is -2.45. The van der Waals surface area contributed by atoms with Crippen molar-refractivity contribution in [2.24, 2.45) is 5.73 Å². The van der Waals surface area contributed by atoms with E-state index in [4.69, 9.17) is 17.3 Å². The molecule has 0 heterocycles. The van der Waals surface area contributed by atoms with E-state index < -0.39 is 0 Å². The van der Waals surface area contributed by atoms with E-state index in [0.717, 1.165) is 36.4 Å². The number of nitrogens with two attached hydrogens (primary N) is 1. The van der Waals surface area contributed by atoms with Gasteiger partial charge >= 0.3 is 0 Å². The maximum absolute atomic E-state index is 6.18. The minimum absolute atomic E-state index is 0.0194. The first-order valence-corrected chi connectivity index (χ1v) is 6.78. The fraction of sp³-hybridized carbons (Fsp3) is 0.571. The molecule has 3 heteroatoms. The summed E-state index contributed by atoms with van der Waals surface area (Å²) in [6.07, 6.45) is 4.38. The second kappa shape index (κ2) is 6.87. The zero-order valence-electron chi connectivity index (χ0n) is 10.8. The first kappa shape index (κ1) is 14.3.